The van der Waals surface area contributed by atoms with Crippen molar-refractivity contribution in [3.8, 4) is 6.07 Å². The first-order chi connectivity index (χ1) is 9.95. The monoisotopic (exact) mass is 343 g/mol. The fourth-order valence-corrected chi connectivity index (χ4v) is 2.77. The molecule has 0 aliphatic carbocycles. The van der Waals surface area contributed by atoms with E-state index in [1.54, 1.807) is 6.07 Å². The zero-order valence-corrected chi connectivity index (χ0v) is 13.3. The predicted octanol–water partition coefficient (Wildman–Crippen LogP) is -0.279. The van der Waals surface area contributed by atoms with Gasteiger partial charge < -0.3 is 5.73 Å². The first-order valence-electron chi connectivity index (χ1n) is 5.58. The van der Waals surface area contributed by atoms with Crippen LogP contribution in [-0.2, 0) is 19.7 Å². The molecule has 9 nitrogen and oxygen atoms in total. The Labute approximate surface area is 127 Å². The van der Waals surface area contributed by atoms with Gasteiger partial charge in [-0.1, -0.05) is 0 Å². The molecule has 0 unspecified atom stereocenters. The van der Waals surface area contributed by atoms with Crippen LogP contribution < -0.4 is 11.2 Å². The van der Waals surface area contributed by atoms with E-state index < -0.39 is 31.2 Å². The van der Waals surface area contributed by atoms with Crippen LogP contribution in [-0.4, -0.2) is 40.9 Å². The van der Waals surface area contributed by atoms with Gasteiger partial charge >= 0.3 is 0 Å². The average molecular weight is 343 g/mol. The van der Waals surface area contributed by atoms with Crippen molar-refractivity contribution in [1.82, 2.24) is 0 Å². The van der Waals surface area contributed by atoms with Gasteiger partial charge in [-0.2, -0.15) is 10.4 Å². The molecular formula is C11H13N5O4S2. The van der Waals surface area contributed by atoms with Crippen molar-refractivity contribution in [1.29, 1.82) is 10.7 Å². The summed E-state index contributed by atoms with van der Waals surface area (Å²) in [6, 6.07) is 4.90. The number of benzene rings is 1. The van der Waals surface area contributed by atoms with Gasteiger partial charge in [-0.25, -0.2) is 16.8 Å². The maximum absolute atomic E-state index is 11.6. The summed E-state index contributed by atoms with van der Waals surface area (Å²) in [6.07, 6.45) is 1.86. The molecule has 0 fully saturated rings. The van der Waals surface area contributed by atoms with Crippen LogP contribution in [0.1, 0.15) is 0 Å². The van der Waals surface area contributed by atoms with E-state index in [1.807, 2.05) is 0 Å². The number of nitrogens with one attached hydrogen (secondary N) is 2. The standard InChI is InChI=1S/C11H13N5O4S2/c1-21(17,18)8-3-7(4-9(5-8)22(2,19)20)15-16-10(6-12)11(13)14/h3-5,15H,1-2H3,(H3,13,14)/b16-10+. The van der Waals surface area contributed by atoms with E-state index in [0.29, 0.717) is 0 Å². The number of nitrogens with two attached hydrogens (primary N) is 1. The number of rotatable bonds is 5. The van der Waals surface area contributed by atoms with Gasteiger partial charge in [0.15, 0.2) is 25.5 Å². The lowest BCUT2D eigenvalue weighted by molar-refractivity contribution is 0.600. The molecule has 4 N–H and O–H groups in total. The molecule has 22 heavy (non-hydrogen) atoms. The molecular weight excluding hydrogens is 330 g/mol. The van der Waals surface area contributed by atoms with Crippen molar-refractivity contribution >= 4 is 36.9 Å². The number of anilines is 1. The fourth-order valence-electron chi connectivity index (χ4n) is 1.33. The molecule has 0 amide bonds. The zero-order valence-electron chi connectivity index (χ0n) is 11.7. The van der Waals surface area contributed by atoms with Crippen molar-refractivity contribution in [2.24, 2.45) is 10.8 Å². The van der Waals surface area contributed by atoms with Crippen molar-refractivity contribution in [3.05, 3.63) is 18.2 Å². The molecule has 0 saturated carbocycles. The SMILES string of the molecule is CS(=O)(=O)c1cc(N/N=C(\C#N)C(=N)N)cc(S(C)(=O)=O)c1. The first-order valence-corrected chi connectivity index (χ1v) is 9.37. The zero-order chi connectivity index (χ0) is 17.1. The Morgan fingerprint density at radius 1 is 1.18 bits per heavy atom. The predicted molar refractivity (Wildman–Crippen MR) is 81.2 cm³/mol. The summed E-state index contributed by atoms with van der Waals surface area (Å²) in [4.78, 5) is -0.455. The second-order valence-electron chi connectivity index (χ2n) is 4.34. The Morgan fingerprint density at radius 3 is 1.95 bits per heavy atom. The topological polar surface area (TPSA) is 166 Å². The Kier molecular flexibility index (Phi) is 4.90. The summed E-state index contributed by atoms with van der Waals surface area (Å²) in [5, 5.41) is 19.3. The minimum Gasteiger partial charge on any atom is -0.382 e. The highest BCUT2D eigenvalue weighted by atomic mass is 32.2. The lowest BCUT2D eigenvalue weighted by Gasteiger charge is -2.07. The molecule has 0 radical (unpaired) electrons. The molecule has 0 aliphatic rings. The third-order valence-electron chi connectivity index (χ3n) is 2.39. The number of nitriles is 1. The van der Waals surface area contributed by atoms with Crippen LogP contribution in [0.2, 0.25) is 0 Å². The van der Waals surface area contributed by atoms with Crippen LogP contribution in [0.15, 0.2) is 33.1 Å². The Morgan fingerprint density at radius 2 is 1.64 bits per heavy atom. The van der Waals surface area contributed by atoms with E-state index >= 15 is 0 Å². The number of sulfone groups is 2. The number of nitrogens with zero attached hydrogens (tertiary/aromatic N) is 2. The molecule has 118 valence electrons. The molecule has 0 aromatic heterocycles. The minimum absolute atomic E-state index is 0.0253. The number of hydrogen-bond acceptors (Lipinski definition) is 8. The second kappa shape index (κ2) is 6.12. The number of amidine groups is 1. The van der Waals surface area contributed by atoms with Gasteiger partial charge in [0.2, 0.25) is 5.71 Å². The van der Waals surface area contributed by atoms with Gasteiger partial charge in [-0.05, 0) is 18.2 Å². The summed E-state index contributed by atoms with van der Waals surface area (Å²) in [7, 11) is -7.31. The van der Waals surface area contributed by atoms with Gasteiger partial charge in [0.25, 0.3) is 0 Å². The van der Waals surface area contributed by atoms with Crippen LogP contribution >= 0.6 is 0 Å². The van der Waals surface area contributed by atoms with E-state index in [-0.39, 0.29) is 15.5 Å². The minimum atomic E-state index is -3.65. The largest absolute Gasteiger partial charge is 0.382 e. The molecule has 0 atom stereocenters. The maximum atomic E-state index is 11.6. The van der Waals surface area contributed by atoms with E-state index in [4.69, 9.17) is 16.4 Å². The van der Waals surface area contributed by atoms with Crippen molar-refractivity contribution in [3.63, 3.8) is 0 Å². The van der Waals surface area contributed by atoms with Crippen LogP contribution in [0.3, 0.4) is 0 Å². The van der Waals surface area contributed by atoms with E-state index in [1.165, 1.54) is 0 Å². The van der Waals surface area contributed by atoms with Crippen molar-refractivity contribution < 1.29 is 16.8 Å². The first kappa shape index (κ1) is 17.6. The normalized spacial score (nSPS) is 12.5. The molecule has 0 saturated heterocycles. The molecule has 1 aromatic rings. The summed E-state index contributed by atoms with van der Waals surface area (Å²) in [5.41, 5.74) is 7.03. The maximum Gasteiger partial charge on any atom is 0.201 e. The highest BCUT2D eigenvalue weighted by molar-refractivity contribution is 7.91. The van der Waals surface area contributed by atoms with Crippen molar-refractivity contribution in [2.45, 2.75) is 9.79 Å². The fraction of sp³-hybridized carbons (Fsp3) is 0.182. The highest BCUT2D eigenvalue weighted by Gasteiger charge is 2.15. The molecule has 0 aliphatic heterocycles. The average Bonchev–Trinajstić information content (AvgIpc) is 2.36. The van der Waals surface area contributed by atoms with Crippen molar-refractivity contribution in [2.75, 3.05) is 17.9 Å². The van der Waals surface area contributed by atoms with E-state index in [9.17, 15) is 16.8 Å². The Bertz CT molecular complexity index is 845. The van der Waals surface area contributed by atoms with Gasteiger partial charge in [0.1, 0.15) is 6.07 Å². The number of hydrazone groups is 1. The summed E-state index contributed by atoms with van der Waals surface area (Å²) in [6.45, 7) is 0. The lowest BCUT2D eigenvalue weighted by atomic mass is 10.3. The Hall–Kier alpha value is -2.45. The molecule has 0 heterocycles. The van der Waals surface area contributed by atoms with Crippen LogP contribution in [0.5, 0.6) is 0 Å². The van der Waals surface area contributed by atoms with Crippen LogP contribution in [0.4, 0.5) is 5.69 Å². The van der Waals surface area contributed by atoms with Gasteiger partial charge in [-0.15, -0.1) is 0 Å². The van der Waals surface area contributed by atoms with Gasteiger partial charge in [0.05, 0.1) is 15.5 Å². The van der Waals surface area contributed by atoms with Crippen LogP contribution in [0, 0.1) is 16.7 Å². The summed E-state index contributed by atoms with van der Waals surface area (Å²) >= 11 is 0. The smallest absolute Gasteiger partial charge is 0.201 e. The molecule has 0 bridgehead atoms. The lowest BCUT2D eigenvalue weighted by Crippen LogP contribution is -2.21. The number of hydrogen-bond donors (Lipinski definition) is 3. The van der Waals surface area contributed by atoms with E-state index in [2.05, 4.69) is 10.5 Å². The highest BCUT2D eigenvalue weighted by Crippen LogP contribution is 2.22. The van der Waals surface area contributed by atoms with Gasteiger partial charge in [0, 0.05) is 12.5 Å². The Balaban J connectivity index is 3.44. The van der Waals surface area contributed by atoms with Gasteiger partial charge in [-0.3, -0.25) is 10.8 Å². The van der Waals surface area contributed by atoms with Crippen LogP contribution in [0.25, 0.3) is 0 Å². The summed E-state index contributed by atoms with van der Waals surface area (Å²) < 4.78 is 46.4. The third kappa shape index (κ3) is 4.54. The molecule has 0 spiro atoms. The molecule has 1 aromatic carbocycles. The molecule has 1 rings (SSSR count). The second-order valence-corrected chi connectivity index (χ2v) is 8.37. The summed E-state index contributed by atoms with van der Waals surface area (Å²) in [5.74, 6) is -0.586. The quantitative estimate of drug-likeness (QED) is 0.375. The molecule has 11 heteroatoms. The van der Waals surface area contributed by atoms with E-state index in [0.717, 1.165) is 30.7 Å². The third-order valence-corrected chi connectivity index (χ3v) is 4.58.